The Kier molecular flexibility index (Phi) is 2.97. The lowest BCUT2D eigenvalue weighted by Crippen LogP contribution is -2.17. The number of aryl methyl sites for hydroxylation is 3. The van der Waals surface area contributed by atoms with Crippen LogP contribution in [-0.4, -0.2) is 9.55 Å². The van der Waals surface area contributed by atoms with Crippen molar-refractivity contribution < 1.29 is 0 Å². The van der Waals surface area contributed by atoms with Gasteiger partial charge in [0.25, 0.3) is 0 Å². The Morgan fingerprint density at radius 3 is 2.95 bits per heavy atom. The first kappa shape index (κ1) is 12.6. The highest BCUT2D eigenvalue weighted by Gasteiger charge is 2.25. The predicted molar refractivity (Wildman–Crippen MR) is 82.7 cm³/mol. The average molecular weight is 287 g/mol. The van der Waals surface area contributed by atoms with Gasteiger partial charge >= 0.3 is 0 Å². The topological polar surface area (TPSA) is 43.8 Å². The van der Waals surface area contributed by atoms with Crippen molar-refractivity contribution >= 4 is 11.3 Å². The maximum Gasteiger partial charge on any atom is 0.194 e. The molecule has 1 atom stereocenters. The van der Waals surface area contributed by atoms with E-state index in [-0.39, 0.29) is 6.04 Å². The Hall–Kier alpha value is -1.13. The van der Waals surface area contributed by atoms with Crippen LogP contribution in [0, 0.1) is 6.92 Å². The summed E-state index contributed by atoms with van der Waals surface area (Å²) in [4.78, 5) is 6.44. The molecule has 0 radical (unpaired) electrons. The summed E-state index contributed by atoms with van der Waals surface area (Å²) in [5.41, 5.74) is 11.7. The summed E-state index contributed by atoms with van der Waals surface area (Å²) < 4.78 is 2.37. The first-order valence-corrected chi connectivity index (χ1v) is 8.51. The molecule has 2 aromatic heterocycles. The molecule has 0 fully saturated rings. The summed E-state index contributed by atoms with van der Waals surface area (Å²) in [6.45, 7) is 2.19. The maximum absolute atomic E-state index is 6.27. The molecule has 2 heterocycles. The molecule has 0 bridgehead atoms. The molecule has 3 nitrogen and oxygen atoms in total. The largest absolute Gasteiger partial charge is 0.324 e. The minimum absolute atomic E-state index is 0.216. The smallest absolute Gasteiger partial charge is 0.194 e. The van der Waals surface area contributed by atoms with E-state index in [9.17, 15) is 0 Å². The van der Waals surface area contributed by atoms with Crippen molar-refractivity contribution in [3.63, 3.8) is 0 Å². The number of rotatable bonds is 1. The lowest BCUT2D eigenvalue weighted by molar-refractivity contribution is 0.559. The third-order valence-corrected chi connectivity index (χ3v) is 5.82. The Morgan fingerprint density at radius 2 is 2.10 bits per heavy atom. The minimum atomic E-state index is 0.216. The number of fused-ring (bicyclic) bond motifs is 2. The van der Waals surface area contributed by atoms with Crippen LogP contribution in [0.15, 0.2) is 6.07 Å². The van der Waals surface area contributed by atoms with Crippen LogP contribution in [-0.2, 0) is 19.3 Å². The third kappa shape index (κ3) is 1.85. The fourth-order valence-electron chi connectivity index (χ4n) is 3.64. The summed E-state index contributed by atoms with van der Waals surface area (Å²) in [5, 5.41) is 1.17. The second-order valence-electron chi connectivity index (χ2n) is 6.10. The number of aromatic nitrogens is 2. The van der Waals surface area contributed by atoms with Gasteiger partial charge in [-0.2, -0.15) is 0 Å². The van der Waals surface area contributed by atoms with Crippen molar-refractivity contribution in [3.8, 4) is 5.13 Å². The molecule has 4 rings (SSSR count). The Morgan fingerprint density at radius 1 is 1.25 bits per heavy atom. The van der Waals surface area contributed by atoms with Crippen LogP contribution in [0.2, 0.25) is 0 Å². The number of hydrogen-bond acceptors (Lipinski definition) is 3. The molecule has 2 aliphatic rings. The van der Waals surface area contributed by atoms with Crippen molar-refractivity contribution in [1.29, 1.82) is 0 Å². The normalized spacial score (nSPS) is 21.6. The van der Waals surface area contributed by atoms with Crippen molar-refractivity contribution in [3.05, 3.63) is 33.6 Å². The Labute approximate surface area is 123 Å². The molecule has 2 aromatic rings. The summed E-state index contributed by atoms with van der Waals surface area (Å²) in [6.07, 6.45) is 8.45. The van der Waals surface area contributed by atoms with Crippen LogP contribution in [0.4, 0.5) is 0 Å². The molecule has 0 saturated carbocycles. The maximum atomic E-state index is 6.27. The first-order chi connectivity index (χ1) is 9.74. The SMILES string of the molecule is Cc1cc2c(n1-c1nc3c(s1)CCCC3)CCCC2N. The van der Waals surface area contributed by atoms with Crippen molar-refractivity contribution in [2.45, 2.75) is 57.9 Å². The molecule has 20 heavy (non-hydrogen) atoms. The molecule has 0 saturated heterocycles. The van der Waals surface area contributed by atoms with Gasteiger partial charge in [-0.3, -0.25) is 4.57 Å². The fourth-order valence-corrected chi connectivity index (χ4v) is 4.87. The van der Waals surface area contributed by atoms with Gasteiger partial charge in [-0.15, -0.1) is 11.3 Å². The van der Waals surface area contributed by atoms with E-state index in [1.165, 1.54) is 58.3 Å². The first-order valence-electron chi connectivity index (χ1n) is 7.69. The lowest BCUT2D eigenvalue weighted by atomic mass is 9.93. The summed E-state index contributed by atoms with van der Waals surface area (Å²) >= 11 is 1.89. The minimum Gasteiger partial charge on any atom is -0.324 e. The van der Waals surface area contributed by atoms with Gasteiger partial charge in [0.1, 0.15) is 0 Å². The van der Waals surface area contributed by atoms with Gasteiger partial charge in [0, 0.05) is 22.3 Å². The highest BCUT2D eigenvalue weighted by Crippen LogP contribution is 2.35. The molecule has 0 amide bonds. The van der Waals surface area contributed by atoms with Crippen molar-refractivity contribution in [2.75, 3.05) is 0 Å². The molecule has 2 aliphatic carbocycles. The van der Waals surface area contributed by atoms with Crippen LogP contribution < -0.4 is 5.73 Å². The molecular weight excluding hydrogens is 266 g/mol. The monoisotopic (exact) mass is 287 g/mol. The molecule has 1 unspecified atom stereocenters. The lowest BCUT2D eigenvalue weighted by Gasteiger charge is -2.20. The van der Waals surface area contributed by atoms with E-state index in [0.717, 1.165) is 19.3 Å². The van der Waals surface area contributed by atoms with Gasteiger partial charge in [-0.05, 0) is 63.5 Å². The molecule has 0 aromatic carbocycles. The highest BCUT2D eigenvalue weighted by molar-refractivity contribution is 7.14. The molecular formula is C16H21N3S. The van der Waals surface area contributed by atoms with Gasteiger partial charge in [0.2, 0.25) is 0 Å². The van der Waals surface area contributed by atoms with E-state index in [1.807, 2.05) is 11.3 Å². The Bertz CT molecular complexity index is 629. The second kappa shape index (κ2) is 4.71. The van der Waals surface area contributed by atoms with E-state index >= 15 is 0 Å². The van der Waals surface area contributed by atoms with E-state index in [0.29, 0.717) is 0 Å². The number of hydrogen-bond donors (Lipinski definition) is 1. The summed E-state index contributed by atoms with van der Waals surface area (Å²) in [5.74, 6) is 0. The van der Waals surface area contributed by atoms with Crippen LogP contribution in [0.5, 0.6) is 0 Å². The molecule has 0 spiro atoms. The van der Waals surface area contributed by atoms with E-state index in [1.54, 1.807) is 0 Å². The van der Waals surface area contributed by atoms with Crippen molar-refractivity contribution in [2.24, 2.45) is 5.73 Å². The van der Waals surface area contributed by atoms with Crippen LogP contribution >= 0.6 is 11.3 Å². The molecule has 4 heteroatoms. The Balaban J connectivity index is 1.84. The highest BCUT2D eigenvalue weighted by atomic mass is 32.1. The van der Waals surface area contributed by atoms with Gasteiger partial charge in [-0.25, -0.2) is 4.98 Å². The standard InChI is InChI=1S/C16H21N3S/c1-10-9-11-12(17)5-4-7-14(11)19(10)16-18-13-6-2-3-8-15(13)20-16/h9,12H,2-8,17H2,1H3. The van der Waals surface area contributed by atoms with Crippen molar-refractivity contribution in [1.82, 2.24) is 9.55 Å². The van der Waals surface area contributed by atoms with Gasteiger partial charge in [-0.1, -0.05) is 0 Å². The number of thiazole rings is 1. The van der Waals surface area contributed by atoms with E-state index in [4.69, 9.17) is 10.7 Å². The van der Waals surface area contributed by atoms with Crippen LogP contribution in [0.1, 0.15) is 59.2 Å². The number of nitrogens with zero attached hydrogens (tertiary/aromatic N) is 2. The van der Waals surface area contributed by atoms with Gasteiger partial charge in [0.05, 0.1) is 5.69 Å². The van der Waals surface area contributed by atoms with Crippen LogP contribution in [0.3, 0.4) is 0 Å². The average Bonchev–Trinajstić information content (AvgIpc) is 2.99. The fraction of sp³-hybridized carbons (Fsp3) is 0.562. The van der Waals surface area contributed by atoms with Gasteiger partial charge in [0.15, 0.2) is 5.13 Å². The molecule has 0 aliphatic heterocycles. The van der Waals surface area contributed by atoms with Crippen LogP contribution in [0.25, 0.3) is 5.13 Å². The third-order valence-electron chi connectivity index (χ3n) is 4.67. The zero-order valence-electron chi connectivity index (χ0n) is 12.0. The van der Waals surface area contributed by atoms with E-state index < -0.39 is 0 Å². The zero-order valence-corrected chi connectivity index (χ0v) is 12.8. The van der Waals surface area contributed by atoms with Gasteiger partial charge < -0.3 is 5.73 Å². The number of nitrogens with two attached hydrogens (primary N) is 1. The zero-order chi connectivity index (χ0) is 13.7. The second-order valence-corrected chi connectivity index (χ2v) is 7.16. The molecule has 106 valence electrons. The summed E-state index contributed by atoms with van der Waals surface area (Å²) in [6, 6.07) is 2.49. The quantitative estimate of drug-likeness (QED) is 0.873. The molecule has 2 N–H and O–H groups in total. The predicted octanol–water partition coefficient (Wildman–Crippen LogP) is 3.46. The summed E-state index contributed by atoms with van der Waals surface area (Å²) in [7, 11) is 0. The van der Waals surface area contributed by atoms with E-state index in [2.05, 4.69) is 17.6 Å².